The van der Waals surface area contributed by atoms with Gasteiger partial charge in [0, 0.05) is 36.4 Å². The van der Waals surface area contributed by atoms with Crippen LogP contribution in [0.25, 0.3) is 10.9 Å². The fraction of sp³-hybridized carbons (Fsp3) is 0.292. The van der Waals surface area contributed by atoms with Crippen molar-refractivity contribution >= 4 is 51.5 Å². The first-order valence-electron chi connectivity index (χ1n) is 10.7. The summed E-state index contributed by atoms with van der Waals surface area (Å²) in [7, 11) is 1.56. The Hall–Kier alpha value is -3.10. The monoisotopic (exact) mass is 502 g/mol. The van der Waals surface area contributed by atoms with Crippen LogP contribution in [-0.2, 0) is 4.79 Å². The van der Waals surface area contributed by atoms with Crippen molar-refractivity contribution in [1.82, 2.24) is 14.9 Å². The standard InChI is InChI=1S/C24H21Cl2FN4O3/c1-3-20(32)31-9-12-6-13(10-31)23(12)34-19-7-14-17(8-18(19)33-2)28-11-29-24(14)30-16-5-4-15(25)21(26)22(16)27/h3-5,7-8,11-13,23H,1,6,9-10H2,2H3,(H,28,29,30). The number of nitrogens with one attached hydrogen (secondary N) is 1. The Morgan fingerprint density at radius 1 is 1.24 bits per heavy atom. The number of carbonyl (C=O) groups excluding carboxylic acids is 1. The van der Waals surface area contributed by atoms with Gasteiger partial charge in [-0.2, -0.15) is 0 Å². The van der Waals surface area contributed by atoms with E-state index in [4.69, 9.17) is 32.7 Å². The molecule has 1 amide bonds. The fourth-order valence-electron chi connectivity index (χ4n) is 4.66. The molecule has 10 heteroatoms. The molecular weight excluding hydrogens is 482 g/mol. The summed E-state index contributed by atoms with van der Waals surface area (Å²) in [6, 6.07) is 6.54. The summed E-state index contributed by atoms with van der Waals surface area (Å²) in [5.74, 6) is 1.18. The SMILES string of the molecule is C=CC(=O)N1CC2CC(C1)C2Oc1cc2c(Nc3ccc(Cl)c(Cl)c3F)ncnc2cc1OC. The maximum absolute atomic E-state index is 14.6. The van der Waals surface area contributed by atoms with Crippen molar-refractivity contribution < 1.29 is 18.7 Å². The van der Waals surface area contributed by atoms with Crippen LogP contribution >= 0.6 is 23.2 Å². The predicted molar refractivity (Wildman–Crippen MR) is 129 cm³/mol. The maximum Gasteiger partial charge on any atom is 0.245 e. The van der Waals surface area contributed by atoms with Crippen LogP contribution in [0, 0.1) is 17.7 Å². The lowest BCUT2D eigenvalue weighted by atomic mass is 9.68. The van der Waals surface area contributed by atoms with E-state index < -0.39 is 5.82 Å². The lowest BCUT2D eigenvalue weighted by molar-refractivity contribution is -0.142. The Bertz CT molecular complexity index is 1290. The van der Waals surface area contributed by atoms with E-state index in [9.17, 15) is 9.18 Å². The zero-order valence-electron chi connectivity index (χ0n) is 18.2. The summed E-state index contributed by atoms with van der Waals surface area (Å²) in [4.78, 5) is 22.4. The predicted octanol–water partition coefficient (Wildman–Crippen LogP) is 5.24. The van der Waals surface area contributed by atoms with Gasteiger partial charge in [-0.1, -0.05) is 29.8 Å². The number of ether oxygens (including phenoxy) is 2. The lowest BCUT2D eigenvalue weighted by Crippen LogP contribution is -2.61. The third-order valence-electron chi connectivity index (χ3n) is 6.40. The van der Waals surface area contributed by atoms with E-state index in [1.165, 1.54) is 24.5 Å². The number of halogens is 3. The molecule has 2 aliphatic heterocycles. The molecule has 2 bridgehead atoms. The van der Waals surface area contributed by atoms with Gasteiger partial charge in [0.1, 0.15) is 18.2 Å². The van der Waals surface area contributed by atoms with Gasteiger partial charge in [-0.05, 0) is 30.7 Å². The van der Waals surface area contributed by atoms with Gasteiger partial charge in [-0.15, -0.1) is 0 Å². The highest BCUT2D eigenvalue weighted by Gasteiger charge is 2.49. The average Bonchev–Trinajstić information content (AvgIpc) is 2.86. The molecule has 3 heterocycles. The highest BCUT2D eigenvalue weighted by molar-refractivity contribution is 6.42. The second kappa shape index (κ2) is 8.92. The van der Waals surface area contributed by atoms with Crippen molar-refractivity contribution in [3.8, 4) is 11.5 Å². The van der Waals surface area contributed by atoms with E-state index >= 15 is 0 Å². The van der Waals surface area contributed by atoms with Crippen LogP contribution in [0.2, 0.25) is 10.0 Å². The Morgan fingerprint density at radius 2 is 2.00 bits per heavy atom. The molecule has 3 aromatic rings. The Balaban J connectivity index is 1.45. The zero-order valence-corrected chi connectivity index (χ0v) is 19.7. The number of carbonyl (C=O) groups is 1. The minimum absolute atomic E-state index is 0.0335. The number of amides is 1. The molecule has 3 aliphatic rings. The molecule has 1 N–H and O–H groups in total. The normalized spacial score (nSPS) is 21.1. The summed E-state index contributed by atoms with van der Waals surface area (Å²) in [5.41, 5.74) is 0.729. The van der Waals surface area contributed by atoms with Crippen molar-refractivity contribution in [1.29, 1.82) is 0 Å². The van der Waals surface area contributed by atoms with Crippen molar-refractivity contribution in [2.24, 2.45) is 11.8 Å². The molecule has 2 aromatic carbocycles. The highest BCUT2D eigenvalue weighted by Crippen LogP contribution is 2.45. The molecule has 34 heavy (non-hydrogen) atoms. The number of piperidine rings is 2. The van der Waals surface area contributed by atoms with Gasteiger partial charge in [-0.3, -0.25) is 4.79 Å². The molecule has 1 aromatic heterocycles. The van der Waals surface area contributed by atoms with Crippen LogP contribution in [0.5, 0.6) is 11.5 Å². The minimum Gasteiger partial charge on any atom is -0.493 e. The Kier molecular flexibility index (Phi) is 5.95. The van der Waals surface area contributed by atoms with E-state index in [0.29, 0.717) is 41.3 Å². The second-order valence-corrected chi connectivity index (χ2v) is 9.16. The average molecular weight is 503 g/mol. The fourth-order valence-corrected chi connectivity index (χ4v) is 4.97. The molecule has 2 unspecified atom stereocenters. The molecule has 6 rings (SSSR count). The minimum atomic E-state index is -0.674. The molecule has 1 aliphatic carbocycles. The summed E-state index contributed by atoms with van der Waals surface area (Å²) in [6.07, 6.45) is 3.70. The molecule has 0 spiro atoms. The number of aromatic nitrogens is 2. The Labute approximate surface area is 205 Å². The number of methoxy groups -OCH3 is 1. The quantitative estimate of drug-likeness (QED) is 0.366. The van der Waals surface area contributed by atoms with Crippen molar-refractivity contribution in [3.05, 3.63) is 59.1 Å². The van der Waals surface area contributed by atoms with Crippen LogP contribution in [0.1, 0.15) is 6.42 Å². The van der Waals surface area contributed by atoms with Gasteiger partial charge in [-0.25, -0.2) is 14.4 Å². The van der Waals surface area contributed by atoms with Crippen molar-refractivity contribution in [2.75, 3.05) is 25.5 Å². The maximum atomic E-state index is 14.6. The van der Waals surface area contributed by atoms with E-state index in [1.54, 1.807) is 19.2 Å². The van der Waals surface area contributed by atoms with Crippen molar-refractivity contribution in [2.45, 2.75) is 12.5 Å². The number of hydrogen-bond donors (Lipinski definition) is 1. The van der Waals surface area contributed by atoms with Gasteiger partial charge < -0.3 is 19.7 Å². The molecule has 176 valence electrons. The zero-order chi connectivity index (χ0) is 24.0. The van der Waals surface area contributed by atoms with E-state index in [-0.39, 0.29) is 39.6 Å². The van der Waals surface area contributed by atoms with Crippen LogP contribution < -0.4 is 14.8 Å². The Morgan fingerprint density at radius 3 is 2.71 bits per heavy atom. The molecule has 2 atom stereocenters. The number of nitrogens with zero attached hydrogens (tertiary/aromatic N) is 3. The van der Waals surface area contributed by atoms with Crippen molar-refractivity contribution in [3.63, 3.8) is 0 Å². The van der Waals surface area contributed by atoms with Gasteiger partial charge in [0.25, 0.3) is 0 Å². The molecule has 1 saturated carbocycles. The number of benzene rings is 2. The highest BCUT2D eigenvalue weighted by atomic mass is 35.5. The van der Waals surface area contributed by atoms with E-state index in [1.807, 2.05) is 4.90 Å². The summed E-state index contributed by atoms with van der Waals surface area (Å²) >= 11 is 11.8. The smallest absolute Gasteiger partial charge is 0.245 e. The molecule has 7 nitrogen and oxygen atoms in total. The number of anilines is 2. The third-order valence-corrected chi connectivity index (χ3v) is 7.18. The third kappa shape index (κ3) is 3.91. The largest absolute Gasteiger partial charge is 0.493 e. The van der Waals surface area contributed by atoms with Gasteiger partial charge in [0.05, 0.1) is 28.4 Å². The molecular formula is C24H21Cl2FN4O3. The first kappa shape index (κ1) is 22.7. The second-order valence-electron chi connectivity index (χ2n) is 8.38. The van der Waals surface area contributed by atoms with Gasteiger partial charge in [0.2, 0.25) is 5.91 Å². The topological polar surface area (TPSA) is 76.6 Å². The summed E-state index contributed by atoms with van der Waals surface area (Å²) < 4.78 is 26.6. The molecule has 2 saturated heterocycles. The first-order valence-corrected chi connectivity index (χ1v) is 11.5. The van der Waals surface area contributed by atoms with Crippen LogP contribution in [0.15, 0.2) is 43.2 Å². The van der Waals surface area contributed by atoms with Crippen LogP contribution in [0.4, 0.5) is 15.9 Å². The number of hydrogen-bond acceptors (Lipinski definition) is 6. The molecule has 0 radical (unpaired) electrons. The summed E-state index contributed by atoms with van der Waals surface area (Å²) in [5, 5.41) is 3.55. The lowest BCUT2D eigenvalue weighted by Gasteiger charge is -2.52. The van der Waals surface area contributed by atoms with E-state index in [0.717, 1.165) is 6.42 Å². The van der Waals surface area contributed by atoms with Crippen LogP contribution in [0.3, 0.4) is 0 Å². The van der Waals surface area contributed by atoms with Crippen LogP contribution in [-0.4, -0.2) is 47.1 Å². The van der Waals surface area contributed by atoms with E-state index in [2.05, 4.69) is 21.9 Å². The van der Waals surface area contributed by atoms with Gasteiger partial charge >= 0.3 is 0 Å². The molecule has 3 fully saturated rings. The number of fused-ring (bicyclic) bond motifs is 3. The summed E-state index contributed by atoms with van der Waals surface area (Å²) in [6.45, 7) is 4.84. The van der Waals surface area contributed by atoms with Gasteiger partial charge in [0.15, 0.2) is 17.3 Å². The number of rotatable bonds is 6. The first-order chi connectivity index (χ1) is 16.4.